The van der Waals surface area contributed by atoms with Crippen LogP contribution in [0.15, 0.2) is 0 Å². The molecule has 11 nitrogen and oxygen atoms in total. The van der Waals surface area contributed by atoms with Crippen LogP contribution < -0.4 is 26.9 Å². The van der Waals surface area contributed by atoms with E-state index in [-0.39, 0.29) is 24.0 Å². The van der Waals surface area contributed by atoms with Crippen LogP contribution in [0.4, 0.5) is 4.79 Å². The van der Waals surface area contributed by atoms with E-state index in [9.17, 15) is 9.59 Å². The Morgan fingerprint density at radius 2 is 1.87 bits per heavy atom. The summed E-state index contributed by atoms with van der Waals surface area (Å²) in [4.78, 5) is 23.4. The van der Waals surface area contributed by atoms with Crippen LogP contribution in [-0.4, -0.2) is 105 Å². The zero-order valence-electron chi connectivity index (χ0n) is 23.3. The Bertz CT molecular complexity index is 693. The quantitative estimate of drug-likeness (QED) is 0.105. The van der Waals surface area contributed by atoms with Crippen molar-refractivity contribution < 1.29 is 23.8 Å². The molecule has 3 rings (SSSR count). The van der Waals surface area contributed by atoms with Gasteiger partial charge in [0.2, 0.25) is 5.91 Å². The highest BCUT2D eigenvalue weighted by atomic mass is 32.2. The summed E-state index contributed by atoms with van der Waals surface area (Å²) in [6.07, 6.45) is 7.14. The Hall–Kier alpha value is -1.15. The molecule has 4 unspecified atom stereocenters. The van der Waals surface area contributed by atoms with Crippen molar-refractivity contribution in [1.29, 1.82) is 0 Å². The van der Waals surface area contributed by atoms with Crippen molar-refractivity contribution in [2.24, 2.45) is 5.92 Å². The lowest BCUT2D eigenvalue weighted by atomic mass is 9.98. The van der Waals surface area contributed by atoms with Crippen molar-refractivity contribution in [1.82, 2.24) is 31.9 Å². The van der Waals surface area contributed by atoms with Crippen LogP contribution in [0.3, 0.4) is 0 Å². The molecule has 5 atom stereocenters. The number of ether oxygens (including phenoxy) is 3. The number of unbranched alkanes of at least 4 members (excludes halogenated alkanes) is 1. The van der Waals surface area contributed by atoms with Crippen LogP contribution in [0, 0.1) is 5.92 Å². The first-order valence-corrected chi connectivity index (χ1v) is 15.5. The van der Waals surface area contributed by atoms with E-state index >= 15 is 0 Å². The van der Waals surface area contributed by atoms with E-state index in [2.05, 4.69) is 45.8 Å². The second kappa shape index (κ2) is 18.2. The maximum absolute atomic E-state index is 12.0. The van der Waals surface area contributed by atoms with Gasteiger partial charge in [-0.25, -0.2) is 15.2 Å². The maximum Gasteiger partial charge on any atom is 0.315 e. The van der Waals surface area contributed by atoms with Crippen molar-refractivity contribution >= 4 is 23.7 Å². The third-order valence-electron chi connectivity index (χ3n) is 7.23. The molecule has 0 aromatic heterocycles. The van der Waals surface area contributed by atoms with Crippen LogP contribution in [0.1, 0.15) is 58.8 Å². The van der Waals surface area contributed by atoms with E-state index in [1.165, 1.54) is 19.3 Å². The molecule has 0 aromatic rings. The number of hydrazine groups is 2. The number of nitrogens with zero attached hydrogens (tertiary/aromatic N) is 1. The highest BCUT2D eigenvalue weighted by molar-refractivity contribution is 8.00. The molecular weight excluding hydrogens is 508 g/mol. The fraction of sp³-hybridized carbons (Fsp3) is 0.923. The van der Waals surface area contributed by atoms with E-state index in [4.69, 9.17) is 14.2 Å². The Kier molecular flexibility index (Phi) is 15.1. The minimum absolute atomic E-state index is 0.0486. The van der Waals surface area contributed by atoms with Gasteiger partial charge in [-0.05, 0) is 25.2 Å². The first-order valence-electron chi connectivity index (χ1n) is 14.5. The van der Waals surface area contributed by atoms with Gasteiger partial charge >= 0.3 is 6.03 Å². The number of nitrogens with one attached hydrogen (secondary N) is 5. The number of thioether (sulfide) groups is 1. The van der Waals surface area contributed by atoms with E-state index in [1.807, 2.05) is 11.8 Å². The smallest absolute Gasteiger partial charge is 0.315 e. The van der Waals surface area contributed by atoms with Gasteiger partial charge in [0.25, 0.3) is 0 Å². The van der Waals surface area contributed by atoms with Gasteiger partial charge in [-0.15, -0.1) is 0 Å². The first kappa shape index (κ1) is 31.4. The van der Waals surface area contributed by atoms with Crippen LogP contribution in [0.2, 0.25) is 0 Å². The highest BCUT2D eigenvalue weighted by Crippen LogP contribution is 2.33. The Morgan fingerprint density at radius 1 is 1.11 bits per heavy atom. The predicted octanol–water partition coefficient (Wildman–Crippen LogP) is 1.40. The number of amides is 3. The zero-order chi connectivity index (χ0) is 27.0. The second-order valence-electron chi connectivity index (χ2n) is 10.6. The average molecular weight is 559 g/mol. The average Bonchev–Trinajstić information content (AvgIpc) is 3.59. The van der Waals surface area contributed by atoms with Gasteiger partial charge in [0.15, 0.2) is 0 Å². The molecule has 0 bridgehead atoms. The third-order valence-corrected chi connectivity index (χ3v) is 8.74. The van der Waals surface area contributed by atoms with Crippen molar-refractivity contribution in [3.63, 3.8) is 0 Å². The van der Waals surface area contributed by atoms with Gasteiger partial charge in [0.1, 0.15) is 0 Å². The van der Waals surface area contributed by atoms with Gasteiger partial charge in [-0.1, -0.05) is 33.1 Å². The molecule has 3 heterocycles. The molecule has 5 N–H and O–H groups in total. The fourth-order valence-electron chi connectivity index (χ4n) is 5.26. The number of hydrogen-bond acceptors (Lipinski definition) is 9. The number of fused-ring (bicyclic) bond motifs is 1. The third kappa shape index (κ3) is 11.9. The van der Waals surface area contributed by atoms with Crippen LogP contribution in [-0.2, 0) is 19.0 Å². The minimum Gasteiger partial charge on any atom is -0.378 e. The Balaban J connectivity index is 1.03. The molecule has 220 valence electrons. The molecule has 3 aliphatic heterocycles. The standard InChI is InChI=1S/C26H50N6O5S/c1-3-6-20(2)17-21-18-32(31-30-21)10-12-36-14-16-37-15-13-35-11-9-27-24(33)8-5-4-7-23-25-22(19-38-23)28-26(34)29-25/h20-23,25,30-31H,3-19H2,1-2H3,(H,27,33)(H2,28,29,34)/t20?,21?,22?,23-,25?/m0/s1. The second-order valence-corrected chi connectivity index (χ2v) is 11.9. The monoisotopic (exact) mass is 558 g/mol. The molecule has 0 aliphatic carbocycles. The summed E-state index contributed by atoms with van der Waals surface area (Å²) in [5, 5.41) is 11.5. The van der Waals surface area contributed by atoms with Gasteiger partial charge in [-0.2, -0.15) is 17.3 Å². The van der Waals surface area contributed by atoms with E-state index in [0.29, 0.717) is 63.9 Å². The lowest BCUT2D eigenvalue weighted by molar-refractivity contribution is -0.121. The summed E-state index contributed by atoms with van der Waals surface area (Å²) in [7, 11) is 0. The largest absolute Gasteiger partial charge is 0.378 e. The number of rotatable bonds is 21. The van der Waals surface area contributed by atoms with Gasteiger partial charge in [-0.3, -0.25) is 4.79 Å². The van der Waals surface area contributed by atoms with Crippen molar-refractivity contribution in [2.45, 2.75) is 82.2 Å². The SMILES string of the molecule is CCCC(C)CC1CN(CCOCCOCCOCCNC(=O)CCCC[C@@H]2SCC3NC(=O)NC32)NN1. The fourth-order valence-corrected chi connectivity index (χ4v) is 6.80. The summed E-state index contributed by atoms with van der Waals surface area (Å²) in [5.74, 6) is 1.79. The van der Waals surface area contributed by atoms with Crippen molar-refractivity contribution in [3.05, 3.63) is 0 Å². The lowest BCUT2D eigenvalue weighted by Crippen LogP contribution is -2.38. The van der Waals surface area contributed by atoms with Crippen LogP contribution in [0.5, 0.6) is 0 Å². The topological polar surface area (TPSA) is 125 Å². The number of carbonyl (C=O) groups excluding carboxylic acids is 2. The summed E-state index contributed by atoms with van der Waals surface area (Å²) >= 11 is 1.91. The van der Waals surface area contributed by atoms with Gasteiger partial charge < -0.3 is 30.2 Å². The summed E-state index contributed by atoms with van der Waals surface area (Å²) in [6, 6.07) is 0.955. The normalized spacial score (nSPS) is 25.8. The molecule has 0 aromatic carbocycles. The molecule has 12 heteroatoms. The predicted molar refractivity (Wildman–Crippen MR) is 150 cm³/mol. The molecule has 0 spiro atoms. The molecule has 3 amide bonds. The summed E-state index contributed by atoms with van der Waals surface area (Å²) < 4.78 is 16.7. The molecule has 3 aliphatic rings. The van der Waals surface area contributed by atoms with Gasteiger partial charge in [0.05, 0.1) is 51.7 Å². The molecular formula is C26H50N6O5S. The molecule has 3 saturated heterocycles. The molecule has 0 radical (unpaired) electrons. The molecule has 3 fully saturated rings. The summed E-state index contributed by atoms with van der Waals surface area (Å²) in [6.45, 7) is 10.2. The highest BCUT2D eigenvalue weighted by Gasteiger charge is 2.42. The Labute approximate surface area is 232 Å². The van der Waals surface area contributed by atoms with E-state index in [1.54, 1.807) is 0 Å². The van der Waals surface area contributed by atoms with E-state index in [0.717, 1.165) is 44.0 Å². The van der Waals surface area contributed by atoms with Crippen molar-refractivity contribution in [2.75, 3.05) is 65.0 Å². The Morgan fingerprint density at radius 3 is 2.66 bits per heavy atom. The summed E-state index contributed by atoms with van der Waals surface area (Å²) in [5.41, 5.74) is 6.61. The first-order chi connectivity index (χ1) is 18.5. The maximum atomic E-state index is 12.0. The van der Waals surface area contributed by atoms with Gasteiger partial charge in [0, 0.05) is 43.1 Å². The van der Waals surface area contributed by atoms with Crippen LogP contribution >= 0.6 is 11.8 Å². The van der Waals surface area contributed by atoms with Crippen LogP contribution in [0.25, 0.3) is 0 Å². The molecule has 38 heavy (non-hydrogen) atoms. The number of urea groups is 1. The van der Waals surface area contributed by atoms with Crippen molar-refractivity contribution in [3.8, 4) is 0 Å². The molecule has 0 saturated carbocycles. The minimum atomic E-state index is -0.0486. The number of hydrogen-bond donors (Lipinski definition) is 5. The number of carbonyl (C=O) groups is 2. The lowest BCUT2D eigenvalue weighted by Gasteiger charge is -2.16. The van der Waals surface area contributed by atoms with E-state index < -0.39 is 0 Å². The zero-order valence-corrected chi connectivity index (χ0v) is 24.1.